The predicted molar refractivity (Wildman–Crippen MR) is 108 cm³/mol. The Morgan fingerprint density at radius 2 is 2.14 bits per heavy atom. The number of para-hydroxylation sites is 1. The molecule has 1 fully saturated rings. The van der Waals surface area contributed by atoms with Gasteiger partial charge >= 0.3 is 0 Å². The van der Waals surface area contributed by atoms with Crippen molar-refractivity contribution >= 4 is 34.5 Å². The lowest BCUT2D eigenvalue weighted by molar-refractivity contribution is -0.120. The summed E-state index contributed by atoms with van der Waals surface area (Å²) >= 11 is 0. The molecule has 0 bridgehead atoms. The van der Waals surface area contributed by atoms with Crippen LogP contribution in [-0.2, 0) is 4.79 Å². The monoisotopic (exact) mass is 378 g/mol. The van der Waals surface area contributed by atoms with E-state index in [1.54, 1.807) is 0 Å². The van der Waals surface area contributed by atoms with Crippen molar-refractivity contribution in [1.82, 2.24) is 25.3 Å². The van der Waals surface area contributed by atoms with Crippen molar-refractivity contribution in [2.24, 2.45) is 0 Å². The Bertz CT molecular complexity index is 1040. The molecule has 1 aromatic carbocycles. The summed E-state index contributed by atoms with van der Waals surface area (Å²) < 4.78 is 0. The molecule has 0 saturated carbocycles. The van der Waals surface area contributed by atoms with Crippen molar-refractivity contribution in [3.05, 3.63) is 41.7 Å². The molecule has 0 spiro atoms. The number of aromatic nitrogens is 4. The van der Waals surface area contributed by atoms with Gasteiger partial charge in [0.2, 0.25) is 17.8 Å². The lowest BCUT2D eigenvalue weighted by atomic mass is 10.0. The average molecular weight is 378 g/mol. The second-order valence-electron chi connectivity index (χ2n) is 6.85. The van der Waals surface area contributed by atoms with Crippen molar-refractivity contribution < 1.29 is 4.79 Å². The highest BCUT2D eigenvalue weighted by Crippen LogP contribution is 2.31. The minimum atomic E-state index is -0.154. The van der Waals surface area contributed by atoms with Gasteiger partial charge in [-0.05, 0) is 25.5 Å². The molecule has 144 valence electrons. The highest BCUT2D eigenvalue weighted by atomic mass is 16.2. The van der Waals surface area contributed by atoms with Gasteiger partial charge in [-0.1, -0.05) is 18.2 Å². The van der Waals surface area contributed by atoms with E-state index in [-0.39, 0.29) is 24.4 Å². The van der Waals surface area contributed by atoms with Gasteiger partial charge in [0.25, 0.3) is 0 Å². The highest BCUT2D eigenvalue weighted by molar-refractivity contribution is 5.87. The second-order valence-corrected chi connectivity index (χ2v) is 6.85. The number of carbonyl (C=O) groups is 1. The number of piperazine rings is 1. The third-order valence-corrected chi connectivity index (χ3v) is 4.80. The maximum absolute atomic E-state index is 11.9. The van der Waals surface area contributed by atoms with E-state index in [9.17, 15) is 4.79 Å². The van der Waals surface area contributed by atoms with Crippen LogP contribution in [-0.4, -0.2) is 45.5 Å². The molecule has 0 aliphatic carbocycles. The third-order valence-electron chi connectivity index (χ3n) is 4.80. The largest absolute Gasteiger partial charge is 0.368 e. The first-order valence-corrected chi connectivity index (χ1v) is 9.14. The summed E-state index contributed by atoms with van der Waals surface area (Å²) in [5.74, 6) is 1.34. The van der Waals surface area contributed by atoms with Crippen molar-refractivity contribution in [2.75, 3.05) is 35.6 Å². The number of hydrogen-bond donors (Lipinski definition) is 3. The molecule has 3 aromatic rings. The summed E-state index contributed by atoms with van der Waals surface area (Å²) in [6, 6.07) is 8.05. The Morgan fingerprint density at radius 1 is 1.29 bits per heavy atom. The Balaban J connectivity index is 1.78. The topological polar surface area (TPSA) is 122 Å². The molecule has 1 unspecified atom stereocenters. The molecular weight excluding hydrogens is 356 g/mol. The van der Waals surface area contributed by atoms with Gasteiger partial charge in [-0.2, -0.15) is 4.98 Å². The quantitative estimate of drug-likeness (QED) is 0.623. The molecule has 9 nitrogen and oxygen atoms in total. The van der Waals surface area contributed by atoms with Gasteiger partial charge in [-0.3, -0.25) is 4.79 Å². The van der Waals surface area contributed by atoms with E-state index >= 15 is 0 Å². The molecule has 28 heavy (non-hydrogen) atoms. The number of hydrogen-bond acceptors (Lipinski definition) is 8. The van der Waals surface area contributed by atoms with Crippen LogP contribution in [0.2, 0.25) is 0 Å². The number of carbonyl (C=O) groups excluding carboxylic acids is 1. The fourth-order valence-electron chi connectivity index (χ4n) is 3.39. The van der Waals surface area contributed by atoms with Crippen molar-refractivity contribution in [2.45, 2.75) is 19.9 Å². The Hall–Kier alpha value is -3.49. The molecule has 1 aliphatic rings. The average Bonchev–Trinajstić information content (AvgIpc) is 2.67. The van der Waals surface area contributed by atoms with Gasteiger partial charge in [-0.25, -0.2) is 15.0 Å². The SMILES string of the molecule is Cc1cccc2cc(C(C)Nc3ncnc(N)n3)c(N3CCNC(=O)C3)nc12. The number of pyridine rings is 1. The summed E-state index contributed by atoms with van der Waals surface area (Å²) in [6.45, 7) is 5.62. The lowest BCUT2D eigenvalue weighted by Crippen LogP contribution is -2.48. The van der Waals surface area contributed by atoms with Crippen LogP contribution in [0.5, 0.6) is 0 Å². The number of amides is 1. The minimum absolute atomic E-state index is 0.00488. The lowest BCUT2D eigenvalue weighted by Gasteiger charge is -2.31. The maximum atomic E-state index is 11.9. The Kier molecular flexibility index (Phi) is 4.64. The standard InChI is InChI=1S/C19H22N8O/c1-11-4-3-5-13-8-14(12(2)24-19-23-10-22-18(20)26-19)17(25-16(11)13)27-7-6-21-15(28)9-27/h3-5,8,10,12H,6-7,9H2,1-2H3,(H,21,28)(H3,20,22,23,24,26). The molecule has 1 amide bonds. The van der Waals surface area contributed by atoms with Gasteiger partial charge in [0.1, 0.15) is 12.1 Å². The number of nitrogens with zero attached hydrogens (tertiary/aromatic N) is 5. The number of anilines is 3. The number of nitrogen functional groups attached to an aromatic ring is 1. The number of aryl methyl sites for hydroxylation is 1. The zero-order valence-electron chi connectivity index (χ0n) is 15.8. The van der Waals surface area contributed by atoms with Gasteiger partial charge in [0.05, 0.1) is 18.1 Å². The van der Waals surface area contributed by atoms with E-state index in [0.29, 0.717) is 19.0 Å². The molecule has 4 rings (SSSR count). The number of fused-ring (bicyclic) bond motifs is 1. The van der Waals surface area contributed by atoms with E-state index < -0.39 is 0 Å². The molecule has 2 aromatic heterocycles. The summed E-state index contributed by atoms with van der Waals surface area (Å²) in [5, 5.41) is 7.17. The second kappa shape index (κ2) is 7.26. The van der Waals surface area contributed by atoms with Crippen molar-refractivity contribution in [1.29, 1.82) is 0 Å². The fraction of sp³-hybridized carbons (Fsp3) is 0.316. The van der Waals surface area contributed by atoms with Crippen LogP contribution in [0.1, 0.15) is 24.1 Å². The number of nitrogens with one attached hydrogen (secondary N) is 2. The number of benzene rings is 1. The first kappa shape index (κ1) is 17.9. The van der Waals surface area contributed by atoms with Crippen molar-refractivity contribution in [3.63, 3.8) is 0 Å². The minimum Gasteiger partial charge on any atom is -0.368 e. The zero-order valence-corrected chi connectivity index (χ0v) is 15.8. The molecule has 3 heterocycles. The number of rotatable bonds is 4. The van der Waals surface area contributed by atoms with E-state index in [2.05, 4.69) is 31.7 Å². The fourth-order valence-corrected chi connectivity index (χ4v) is 3.39. The first-order valence-electron chi connectivity index (χ1n) is 9.14. The highest BCUT2D eigenvalue weighted by Gasteiger charge is 2.24. The van der Waals surface area contributed by atoms with Gasteiger partial charge in [0.15, 0.2) is 0 Å². The predicted octanol–water partition coefficient (Wildman–Crippen LogP) is 1.42. The molecule has 4 N–H and O–H groups in total. The molecule has 1 saturated heterocycles. The van der Waals surface area contributed by atoms with E-state index in [1.165, 1.54) is 6.33 Å². The van der Waals surface area contributed by atoms with Crippen LogP contribution in [0.15, 0.2) is 30.6 Å². The van der Waals surface area contributed by atoms with Gasteiger partial charge in [0, 0.05) is 24.0 Å². The Labute approximate surface area is 162 Å². The molecule has 0 radical (unpaired) electrons. The van der Waals surface area contributed by atoms with Crippen LogP contribution >= 0.6 is 0 Å². The molecular formula is C19H22N8O. The zero-order chi connectivity index (χ0) is 19.7. The van der Waals surface area contributed by atoms with Crippen LogP contribution in [0.25, 0.3) is 10.9 Å². The van der Waals surface area contributed by atoms with Gasteiger partial charge in [-0.15, -0.1) is 0 Å². The first-order chi connectivity index (χ1) is 13.5. The third kappa shape index (κ3) is 3.51. The van der Waals surface area contributed by atoms with Crippen LogP contribution < -0.4 is 21.3 Å². The summed E-state index contributed by atoms with van der Waals surface area (Å²) in [7, 11) is 0. The van der Waals surface area contributed by atoms with Crippen LogP contribution in [0.4, 0.5) is 17.7 Å². The Morgan fingerprint density at radius 3 is 2.93 bits per heavy atom. The maximum Gasteiger partial charge on any atom is 0.239 e. The smallest absolute Gasteiger partial charge is 0.239 e. The van der Waals surface area contributed by atoms with E-state index in [4.69, 9.17) is 10.7 Å². The van der Waals surface area contributed by atoms with Crippen LogP contribution in [0, 0.1) is 6.92 Å². The summed E-state index contributed by atoms with van der Waals surface area (Å²) in [6.07, 6.45) is 1.37. The number of nitrogens with two attached hydrogens (primary N) is 1. The van der Waals surface area contributed by atoms with E-state index in [1.807, 2.05) is 36.9 Å². The molecule has 1 atom stereocenters. The van der Waals surface area contributed by atoms with Crippen LogP contribution in [0.3, 0.4) is 0 Å². The summed E-state index contributed by atoms with van der Waals surface area (Å²) in [4.78, 5) is 31.0. The van der Waals surface area contributed by atoms with Gasteiger partial charge < -0.3 is 21.3 Å². The van der Waals surface area contributed by atoms with E-state index in [0.717, 1.165) is 27.8 Å². The van der Waals surface area contributed by atoms with Crippen molar-refractivity contribution in [3.8, 4) is 0 Å². The molecule has 9 heteroatoms. The summed E-state index contributed by atoms with van der Waals surface area (Å²) in [5.41, 5.74) is 8.65. The normalized spacial score (nSPS) is 15.4. The molecule has 1 aliphatic heterocycles.